The van der Waals surface area contributed by atoms with Crippen LogP contribution < -0.4 is 5.32 Å². The van der Waals surface area contributed by atoms with E-state index in [0.29, 0.717) is 0 Å². The summed E-state index contributed by atoms with van der Waals surface area (Å²) >= 11 is 0. The van der Waals surface area contributed by atoms with Crippen LogP contribution in [0.1, 0.15) is 39.4 Å². The molecule has 4 heteroatoms. The van der Waals surface area contributed by atoms with E-state index in [1.165, 1.54) is 0 Å². The summed E-state index contributed by atoms with van der Waals surface area (Å²) in [5, 5.41) is 3.29. The normalized spacial score (nSPS) is 14.0. The van der Waals surface area contributed by atoms with Crippen LogP contribution in [0.15, 0.2) is 24.4 Å². The summed E-state index contributed by atoms with van der Waals surface area (Å²) in [6, 6.07) is 5.69. The molecule has 0 fully saturated rings. The molecule has 0 aliphatic heterocycles. The zero-order chi connectivity index (χ0) is 13.5. The average Bonchev–Trinajstić information content (AvgIpc) is 2.40. The predicted octanol–water partition coefficient (Wildman–Crippen LogP) is 1.99. The van der Waals surface area contributed by atoms with Crippen molar-refractivity contribution in [3.05, 3.63) is 30.1 Å². The van der Waals surface area contributed by atoms with Gasteiger partial charge in [0.1, 0.15) is 0 Å². The third-order valence-corrected chi connectivity index (χ3v) is 3.08. The molecule has 1 aromatic rings. The summed E-state index contributed by atoms with van der Waals surface area (Å²) in [6.07, 6.45) is 1.77. The summed E-state index contributed by atoms with van der Waals surface area (Å²) in [6.45, 7) is 9.42. The first-order valence-corrected chi connectivity index (χ1v) is 6.55. The summed E-state index contributed by atoms with van der Waals surface area (Å²) in [5.41, 5.74) is 0.955. The van der Waals surface area contributed by atoms with Gasteiger partial charge in [0.05, 0.1) is 11.7 Å². The van der Waals surface area contributed by atoms with E-state index >= 15 is 0 Å². The van der Waals surface area contributed by atoms with Gasteiger partial charge in [-0.1, -0.05) is 6.07 Å². The Kier molecular flexibility index (Phi) is 5.78. The Morgan fingerprint density at radius 2 is 2.00 bits per heavy atom. The van der Waals surface area contributed by atoms with Crippen LogP contribution in [0.5, 0.6) is 0 Å². The monoisotopic (exact) mass is 249 g/mol. The molecular weight excluding hydrogens is 226 g/mol. The molecule has 0 bridgehead atoms. The van der Waals surface area contributed by atoms with Crippen molar-refractivity contribution >= 4 is 5.91 Å². The van der Waals surface area contributed by atoms with Crippen molar-refractivity contribution in [1.82, 2.24) is 15.2 Å². The number of aromatic nitrogens is 1. The lowest BCUT2D eigenvalue weighted by atomic mass is 10.1. The average molecular weight is 249 g/mol. The van der Waals surface area contributed by atoms with E-state index in [1.54, 1.807) is 6.20 Å². The quantitative estimate of drug-likeness (QED) is 0.838. The second kappa shape index (κ2) is 7.11. The van der Waals surface area contributed by atoms with Crippen LogP contribution in [-0.4, -0.2) is 34.9 Å². The number of nitrogens with one attached hydrogen (secondary N) is 1. The molecule has 1 rings (SSSR count). The molecule has 1 N–H and O–H groups in total. The minimum Gasteiger partial charge on any atom is -0.342 e. The third kappa shape index (κ3) is 3.81. The lowest BCUT2D eigenvalue weighted by Crippen LogP contribution is -2.45. The maximum absolute atomic E-state index is 12.1. The highest BCUT2D eigenvalue weighted by Crippen LogP contribution is 2.09. The van der Waals surface area contributed by atoms with Crippen LogP contribution in [0.3, 0.4) is 0 Å². The topological polar surface area (TPSA) is 45.2 Å². The highest BCUT2D eigenvalue weighted by Gasteiger charge is 2.20. The van der Waals surface area contributed by atoms with Gasteiger partial charge in [-0.15, -0.1) is 0 Å². The number of hydrogen-bond acceptors (Lipinski definition) is 3. The number of nitrogens with zero attached hydrogens (tertiary/aromatic N) is 2. The standard InChI is InChI=1S/C14H23N3O/c1-5-17(6-2)14(18)12(4)16-11(3)13-9-7-8-10-15-13/h7-12,16H,5-6H2,1-4H3/t11-,12?/m0/s1. The molecule has 0 aliphatic rings. The predicted molar refractivity (Wildman–Crippen MR) is 73.2 cm³/mol. The number of hydrogen-bond donors (Lipinski definition) is 1. The highest BCUT2D eigenvalue weighted by atomic mass is 16.2. The fourth-order valence-corrected chi connectivity index (χ4v) is 1.97. The Balaban J connectivity index is 2.59. The van der Waals surface area contributed by atoms with Gasteiger partial charge in [0, 0.05) is 25.3 Å². The van der Waals surface area contributed by atoms with Gasteiger partial charge in [0.25, 0.3) is 0 Å². The lowest BCUT2D eigenvalue weighted by molar-refractivity contribution is -0.132. The largest absolute Gasteiger partial charge is 0.342 e. The summed E-state index contributed by atoms with van der Waals surface area (Å²) in [7, 11) is 0. The van der Waals surface area contributed by atoms with Gasteiger partial charge < -0.3 is 4.90 Å². The van der Waals surface area contributed by atoms with E-state index < -0.39 is 0 Å². The molecule has 1 amide bonds. The van der Waals surface area contributed by atoms with E-state index in [0.717, 1.165) is 18.8 Å². The fraction of sp³-hybridized carbons (Fsp3) is 0.571. The Hall–Kier alpha value is -1.42. The van der Waals surface area contributed by atoms with Crippen molar-refractivity contribution in [2.75, 3.05) is 13.1 Å². The van der Waals surface area contributed by atoms with E-state index in [4.69, 9.17) is 0 Å². The van der Waals surface area contributed by atoms with Gasteiger partial charge in [0.2, 0.25) is 5.91 Å². The molecule has 18 heavy (non-hydrogen) atoms. The van der Waals surface area contributed by atoms with Crippen LogP contribution in [-0.2, 0) is 4.79 Å². The Morgan fingerprint density at radius 3 is 2.50 bits per heavy atom. The first-order chi connectivity index (χ1) is 8.60. The molecule has 0 saturated carbocycles. The zero-order valence-electron chi connectivity index (χ0n) is 11.7. The number of amides is 1. The van der Waals surface area contributed by atoms with Crippen molar-refractivity contribution in [2.24, 2.45) is 0 Å². The maximum Gasteiger partial charge on any atom is 0.239 e. The molecule has 0 aromatic carbocycles. The van der Waals surface area contributed by atoms with E-state index in [1.807, 2.05) is 50.8 Å². The van der Waals surface area contributed by atoms with Crippen molar-refractivity contribution in [3.8, 4) is 0 Å². The van der Waals surface area contributed by atoms with Gasteiger partial charge >= 0.3 is 0 Å². The highest BCUT2D eigenvalue weighted by molar-refractivity contribution is 5.81. The molecule has 1 unspecified atom stereocenters. The Morgan fingerprint density at radius 1 is 1.33 bits per heavy atom. The molecule has 1 aromatic heterocycles. The molecule has 0 saturated heterocycles. The molecule has 4 nitrogen and oxygen atoms in total. The van der Waals surface area contributed by atoms with Crippen LogP contribution in [0.25, 0.3) is 0 Å². The van der Waals surface area contributed by atoms with Crippen molar-refractivity contribution < 1.29 is 4.79 Å². The molecule has 0 spiro atoms. The second-order valence-electron chi connectivity index (χ2n) is 4.38. The van der Waals surface area contributed by atoms with Crippen LogP contribution in [0.2, 0.25) is 0 Å². The smallest absolute Gasteiger partial charge is 0.239 e. The Labute approximate surface area is 109 Å². The number of pyridine rings is 1. The first kappa shape index (κ1) is 14.6. The van der Waals surface area contributed by atoms with Crippen LogP contribution in [0, 0.1) is 0 Å². The first-order valence-electron chi connectivity index (χ1n) is 6.55. The van der Waals surface area contributed by atoms with Crippen LogP contribution >= 0.6 is 0 Å². The fourth-order valence-electron chi connectivity index (χ4n) is 1.97. The van der Waals surface area contributed by atoms with Crippen molar-refractivity contribution in [1.29, 1.82) is 0 Å². The molecule has 2 atom stereocenters. The molecular formula is C14H23N3O. The number of likely N-dealkylation sites (N-methyl/N-ethyl adjacent to an activating group) is 1. The van der Waals surface area contributed by atoms with E-state index in [9.17, 15) is 4.79 Å². The minimum absolute atomic E-state index is 0.0701. The third-order valence-electron chi connectivity index (χ3n) is 3.08. The molecule has 0 aliphatic carbocycles. The van der Waals surface area contributed by atoms with Gasteiger partial charge in [-0.05, 0) is 39.8 Å². The van der Waals surface area contributed by atoms with Gasteiger partial charge in [-0.3, -0.25) is 15.1 Å². The zero-order valence-corrected chi connectivity index (χ0v) is 11.7. The SMILES string of the molecule is CCN(CC)C(=O)C(C)N[C@@H](C)c1ccccn1. The number of carbonyl (C=O) groups is 1. The summed E-state index contributed by atoms with van der Waals surface area (Å²) < 4.78 is 0. The van der Waals surface area contributed by atoms with Crippen molar-refractivity contribution in [2.45, 2.75) is 39.8 Å². The van der Waals surface area contributed by atoms with Gasteiger partial charge in [-0.25, -0.2) is 0 Å². The van der Waals surface area contributed by atoms with Gasteiger partial charge in [0.15, 0.2) is 0 Å². The molecule has 100 valence electrons. The molecule has 0 radical (unpaired) electrons. The number of rotatable bonds is 6. The maximum atomic E-state index is 12.1. The summed E-state index contributed by atoms with van der Waals surface area (Å²) in [5.74, 6) is 0.141. The van der Waals surface area contributed by atoms with Gasteiger partial charge in [-0.2, -0.15) is 0 Å². The second-order valence-corrected chi connectivity index (χ2v) is 4.38. The van der Waals surface area contributed by atoms with E-state index in [-0.39, 0.29) is 18.0 Å². The lowest BCUT2D eigenvalue weighted by Gasteiger charge is -2.25. The Bertz CT molecular complexity index is 363. The molecule has 1 heterocycles. The number of carbonyl (C=O) groups excluding carboxylic acids is 1. The summed E-state index contributed by atoms with van der Waals surface area (Å²) in [4.78, 5) is 18.2. The minimum atomic E-state index is -0.193. The van der Waals surface area contributed by atoms with Crippen LogP contribution in [0.4, 0.5) is 0 Å². The van der Waals surface area contributed by atoms with Crippen molar-refractivity contribution in [3.63, 3.8) is 0 Å². The van der Waals surface area contributed by atoms with E-state index in [2.05, 4.69) is 10.3 Å².